The van der Waals surface area contributed by atoms with Crippen LogP contribution in [0, 0.1) is 17.3 Å². The first kappa shape index (κ1) is 14.8. The Hall–Kier alpha value is -0.300. The van der Waals surface area contributed by atoms with Crippen LogP contribution in [0.3, 0.4) is 0 Å². The first-order valence-corrected chi connectivity index (χ1v) is 7.01. The van der Waals surface area contributed by atoms with E-state index < -0.39 is 6.10 Å². The van der Waals surface area contributed by atoms with E-state index in [0.29, 0.717) is 6.42 Å². The Bertz CT molecular complexity index is 450. The van der Waals surface area contributed by atoms with Crippen molar-refractivity contribution < 1.29 is 5.11 Å². The Labute approximate surface area is 120 Å². The van der Waals surface area contributed by atoms with Gasteiger partial charge in [0.15, 0.2) is 0 Å². The van der Waals surface area contributed by atoms with Crippen LogP contribution >= 0.6 is 31.9 Å². The maximum Gasteiger partial charge on any atom is 0.0910 e. The molecular weight excluding hydrogens is 344 g/mol. The lowest BCUT2D eigenvalue weighted by molar-refractivity contribution is 0.183. The first-order valence-electron chi connectivity index (χ1n) is 5.42. The highest BCUT2D eigenvalue weighted by atomic mass is 79.9. The highest BCUT2D eigenvalue weighted by molar-refractivity contribution is 9.11. The summed E-state index contributed by atoms with van der Waals surface area (Å²) < 4.78 is 1.89. The number of hydrogen-bond donors (Lipinski definition) is 1. The summed E-state index contributed by atoms with van der Waals surface area (Å²) in [5.74, 6) is 6.15. The Balaban J connectivity index is 2.76. The van der Waals surface area contributed by atoms with Gasteiger partial charge >= 0.3 is 0 Å². The van der Waals surface area contributed by atoms with E-state index in [9.17, 15) is 5.11 Å². The molecule has 92 valence electrons. The average molecular weight is 360 g/mol. The summed E-state index contributed by atoms with van der Waals surface area (Å²) in [7, 11) is 0. The van der Waals surface area contributed by atoms with Gasteiger partial charge in [-0.15, -0.1) is 0 Å². The monoisotopic (exact) mass is 358 g/mol. The smallest absolute Gasteiger partial charge is 0.0910 e. The number of hydrogen-bond acceptors (Lipinski definition) is 1. The fourth-order valence-electron chi connectivity index (χ4n) is 1.29. The largest absolute Gasteiger partial charge is 0.387 e. The third-order valence-corrected chi connectivity index (χ3v) is 3.26. The van der Waals surface area contributed by atoms with E-state index in [1.54, 1.807) is 0 Å². The summed E-state index contributed by atoms with van der Waals surface area (Å²) in [6.45, 7) is 6.17. The lowest BCUT2D eigenvalue weighted by Gasteiger charge is -2.11. The van der Waals surface area contributed by atoms with Crippen LogP contribution in [0.25, 0.3) is 0 Å². The molecule has 0 heterocycles. The van der Waals surface area contributed by atoms with Gasteiger partial charge in [0.2, 0.25) is 0 Å². The molecule has 0 fully saturated rings. The van der Waals surface area contributed by atoms with Crippen molar-refractivity contribution in [1.29, 1.82) is 0 Å². The van der Waals surface area contributed by atoms with Gasteiger partial charge in [0.1, 0.15) is 0 Å². The topological polar surface area (TPSA) is 20.2 Å². The van der Waals surface area contributed by atoms with E-state index in [4.69, 9.17) is 0 Å². The lowest BCUT2D eigenvalue weighted by Crippen LogP contribution is -2.01. The Kier molecular flexibility index (Phi) is 5.24. The fraction of sp³-hybridized carbons (Fsp3) is 0.429. The van der Waals surface area contributed by atoms with Gasteiger partial charge in [-0.1, -0.05) is 49.8 Å². The molecular formula is C14H16Br2O. The van der Waals surface area contributed by atoms with Gasteiger partial charge in [-0.2, -0.15) is 0 Å². The first-order chi connectivity index (χ1) is 7.79. The van der Waals surface area contributed by atoms with Crippen LogP contribution in [0.2, 0.25) is 0 Å². The van der Waals surface area contributed by atoms with Gasteiger partial charge in [0, 0.05) is 20.8 Å². The van der Waals surface area contributed by atoms with Crippen molar-refractivity contribution in [2.75, 3.05) is 0 Å². The van der Waals surface area contributed by atoms with Crippen LogP contribution in [0.4, 0.5) is 0 Å². The SMILES string of the molecule is CC(C)(C)C#CCC(O)c1ccc(Br)cc1Br. The van der Waals surface area contributed by atoms with Crippen LogP contribution in [-0.2, 0) is 0 Å². The third-order valence-electron chi connectivity index (χ3n) is 2.08. The zero-order valence-corrected chi connectivity index (χ0v) is 13.4. The molecule has 1 rings (SSSR count). The van der Waals surface area contributed by atoms with Crippen LogP contribution in [0.5, 0.6) is 0 Å². The predicted molar refractivity (Wildman–Crippen MR) is 78.6 cm³/mol. The lowest BCUT2D eigenvalue weighted by atomic mass is 9.97. The third kappa shape index (κ3) is 5.25. The van der Waals surface area contributed by atoms with Crippen molar-refractivity contribution in [3.8, 4) is 11.8 Å². The number of aliphatic hydroxyl groups excluding tert-OH is 1. The fourth-order valence-corrected chi connectivity index (χ4v) is 2.61. The molecule has 0 amide bonds. The average Bonchev–Trinajstić information content (AvgIpc) is 2.15. The molecule has 1 aromatic rings. The highest BCUT2D eigenvalue weighted by Crippen LogP contribution is 2.28. The normalized spacial score (nSPS) is 12.8. The number of aliphatic hydroxyl groups is 1. The summed E-state index contributed by atoms with van der Waals surface area (Å²) in [5.41, 5.74) is 0.854. The van der Waals surface area contributed by atoms with Gasteiger partial charge in [-0.25, -0.2) is 0 Å². The quantitative estimate of drug-likeness (QED) is 0.760. The maximum atomic E-state index is 10.0. The molecule has 0 aliphatic heterocycles. The maximum absolute atomic E-state index is 10.0. The zero-order valence-electron chi connectivity index (χ0n) is 10.2. The molecule has 1 nitrogen and oxygen atoms in total. The Morgan fingerprint density at radius 3 is 2.47 bits per heavy atom. The van der Waals surface area contributed by atoms with E-state index in [2.05, 4.69) is 64.5 Å². The molecule has 17 heavy (non-hydrogen) atoms. The van der Waals surface area contributed by atoms with Gasteiger partial charge in [0.25, 0.3) is 0 Å². The minimum Gasteiger partial charge on any atom is -0.387 e. The van der Waals surface area contributed by atoms with Crippen molar-refractivity contribution in [2.45, 2.75) is 33.3 Å². The van der Waals surface area contributed by atoms with Crippen molar-refractivity contribution in [3.63, 3.8) is 0 Å². The van der Waals surface area contributed by atoms with E-state index in [1.807, 2.05) is 18.2 Å². The molecule has 0 saturated heterocycles. The van der Waals surface area contributed by atoms with Crippen molar-refractivity contribution in [1.82, 2.24) is 0 Å². The zero-order chi connectivity index (χ0) is 13.1. The van der Waals surface area contributed by atoms with Crippen LogP contribution < -0.4 is 0 Å². The van der Waals surface area contributed by atoms with Gasteiger partial charge in [-0.3, -0.25) is 0 Å². The second-order valence-corrected chi connectivity index (χ2v) is 6.71. The second-order valence-electron chi connectivity index (χ2n) is 4.94. The molecule has 3 heteroatoms. The molecule has 0 spiro atoms. The molecule has 0 aliphatic rings. The molecule has 1 aromatic carbocycles. The summed E-state index contributed by atoms with van der Waals surface area (Å²) in [4.78, 5) is 0. The van der Waals surface area contributed by atoms with E-state index in [-0.39, 0.29) is 5.41 Å². The summed E-state index contributed by atoms with van der Waals surface area (Å²) in [6, 6.07) is 5.74. The van der Waals surface area contributed by atoms with Crippen molar-refractivity contribution >= 4 is 31.9 Å². The van der Waals surface area contributed by atoms with Gasteiger partial charge in [0.05, 0.1) is 6.10 Å². The minimum absolute atomic E-state index is 0.0172. The standard InChI is InChI=1S/C14H16Br2O/c1-14(2,3)8-4-5-13(17)11-7-6-10(15)9-12(11)16/h6-7,9,13,17H,5H2,1-3H3. The molecule has 0 radical (unpaired) electrons. The van der Waals surface area contributed by atoms with Crippen LogP contribution in [0.15, 0.2) is 27.1 Å². The summed E-state index contributed by atoms with van der Waals surface area (Å²) in [6.07, 6.45) is -0.0929. The van der Waals surface area contributed by atoms with Crippen LogP contribution in [0.1, 0.15) is 38.9 Å². The molecule has 0 aromatic heterocycles. The van der Waals surface area contributed by atoms with Crippen molar-refractivity contribution in [2.24, 2.45) is 5.41 Å². The number of halogens is 2. The molecule has 0 saturated carbocycles. The highest BCUT2D eigenvalue weighted by Gasteiger charge is 2.10. The molecule has 1 N–H and O–H groups in total. The second kappa shape index (κ2) is 6.04. The van der Waals surface area contributed by atoms with E-state index >= 15 is 0 Å². The number of benzene rings is 1. The Morgan fingerprint density at radius 1 is 1.29 bits per heavy atom. The van der Waals surface area contributed by atoms with Gasteiger partial charge < -0.3 is 5.11 Å². The summed E-state index contributed by atoms with van der Waals surface area (Å²) >= 11 is 6.83. The van der Waals surface area contributed by atoms with Gasteiger partial charge in [-0.05, 0) is 38.5 Å². The molecule has 1 unspecified atom stereocenters. The van der Waals surface area contributed by atoms with E-state index in [1.165, 1.54) is 0 Å². The van der Waals surface area contributed by atoms with Crippen LogP contribution in [-0.4, -0.2) is 5.11 Å². The molecule has 0 bridgehead atoms. The Morgan fingerprint density at radius 2 is 1.94 bits per heavy atom. The molecule has 1 atom stereocenters. The van der Waals surface area contributed by atoms with Crippen molar-refractivity contribution in [3.05, 3.63) is 32.7 Å². The molecule has 0 aliphatic carbocycles. The minimum atomic E-state index is -0.549. The number of rotatable bonds is 2. The van der Waals surface area contributed by atoms with E-state index in [0.717, 1.165) is 14.5 Å². The predicted octanol–water partition coefficient (Wildman–Crippen LogP) is 4.68. The summed E-state index contributed by atoms with van der Waals surface area (Å²) in [5, 5.41) is 10.0.